The first kappa shape index (κ1) is 17.1. The van der Waals surface area contributed by atoms with Gasteiger partial charge in [0, 0.05) is 32.7 Å². The standard InChI is InChI=1S/C18H27FN4O2/c19-15-9-20-17(21-10-15)22-16-8-18(25-12-16)4-1-5-23(13-18)11-14-2-6-24-7-3-14/h9-10,14,16H,1-8,11-13H2,(H,20,21,22)/t16-,18-/m0/s1. The van der Waals surface area contributed by atoms with Gasteiger partial charge in [-0.25, -0.2) is 14.4 Å². The highest BCUT2D eigenvalue weighted by Gasteiger charge is 2.43. The Labute approximate surface area is 148 Å². The summed E-state index contributed by atoms with van der Waals surface area (Å²) in [6.07, 6.45) is 7.99. The van der Waals surface area contributed by atoms with Gasteiger partial charge in [-0.3, -0.25) is 0 Å². The van der Waals surface area contributed by atoms with Crippen molar-refractivity contribution in [3.8, 4) is 0 Å². The van der Waals surface area contributed by atoms with E-state index in [9.17, 15) is 4.39 Å². The number of likely N-dealkylation sites (tertiary alicyclic amines) is 1. The zero-order chi connectivity index (χ0) is 17.1. The number of halogens is 1. The van der Waals surface area contributed by atoms with Gasteiger partial charge in [0.1, 0.15) is 0 Å². The van der Waals surface area contributed by atoms with Gasteiger partial charge >= 0.3 is 0 Å². The molecule has 0 bridgehead atoms. The molecule has 1 aromatic heterocycles. The molecule has 1 aromatic rings. The van der Waals surface area contributed by atoms with Crippen LogP contribution in [-0.4, -0.2) is 66.0 Å². The van der Waals surface area contributed by atoms with E-state index in [4.69, 9.17) is 9.47 Å². The number of nitrogens with zero attached hydrogens (tertiary/aromatic N) is 3. The molecule has 4 heterocycles. The van der Waals surface area contributed by atoms with Gasteiger partial charge in [0.15, 0.2) is 5.82 Å². The number of ether oxygens (including phenoxy) is 2. The maximum absolute atomic E-state index is 12.9. The zero-order valence-electron chi connectivity index (χ0n) is 14.6. The topological polar surface area (TPSA) is 59.5 Å². The molecule has 3 fully saturated rings. The smallest absolute Gasteiger partial charge is 0.223 e. The van der Waals surface area contributed by atoms with E-state index in [0.29, 0.717) is 12.6 Å². The van der Waals surface area contributed by atoms with Crippen molar-refractivity contribution >= 4 is 5.95 Å². The van der Waals surface area contributed by atoms with Crippen LogP contribution in [0.2, 0.25) is 0 Å². The number of aromatic nitrogens is 2. The van der Waals surface area contributed by atoms with Gasteiger partial charge in [0.25, 0.3) is 0 Å². The van der Waals surface area contributed by atoms with Crippen LogP contribution in [0, 0.1) is 11.7 Å². The van der Waals surface area contributed by atoms with Crippen LogP contribution < -0.4 is 5.32 Å². The Morgan fingerprint density at radius 3 is 2.88 bits per heavy atom. The fourth-order valence-corrected chi connectivity index (χ4v) is 4.43. The Morgan fingerprint density at radius 1 is 1.28 bits per heavy atom. The Morgan fingerprint density at radius 2 is 2.08 bits per heavy atom. The van der Waals surface area contributed by atoms with Crippen LogP contribution in [0.15, 0.2) is 12.4 Å². The summed E-state index contributed by atoms with van der Waals surface area (Å²) >= 11 is 0. The molecule has 4 rings (SSSR count). The van der Waals surface area contributed by atoms with Gasteiger partial charge in [-0.15, -0.1) is 0 Å². The Bertz CT molecular complexity index is 567. The SMILES string of the molecule is Fc1cnc(N[C@@H]2CO[C@@]3(CCCN(CC4CCOCC4)C3)C2)nc1. The lowest BCUT2D eigenvalue weighted by Crippen LogP contribution is -2.49. The van der Waals surface area contributed by atoms with E-state index in [1.165, 1.54) is 38.2 Å². The van der Waals surface area contributed by atoms with Crippen LogP contribution in [0.25, 0.3) is 0 Å². The number of rotatable bonds is 4. The van der Waals surface area contributed by atoms with Gasteiger partial charge < -0.3 is 19.7 Å². The molecular formula is C18H27FN4O2. The molecule has 138 valence electrons. The number of anilines is 1. The summed E-state index contributed by atoms with van der Waals surface area (Å²) in [7, 11) is 0. The van der Waals surface area contributed by atoms with Crippen LogP contribution in [0.4, 0.5) is 10.3 Å². The molecule has 25 heavy (non-hydrogen) atoms. The molecule has 3 saturated heterocycles. The summed E-state index contributed by atoms with van der Waals surface area (Å²) in [4.78, 5) is 10.6. The number of piperidine rings is 1. The van der Waals surface area contributed by atoms with Crippen molar-refractivity contribution in [3.63, 3.8) is 0 Å². The summed E-state index contributed by atoms with van der Waals surface area (Å²) in [6, 6.07) is 0.188. The van der Waals surface area contributed by atoms with Crippen LogP contribution in [0.5, 0.6) is 0 Å². The second-order valence-electron chi connectivity index (χ2n) is 7.66. The lowest BCUT2D eigenvalue weighted by molar-refractivity contribution is -0.0580. The molecule has 3 aliphatic heterocycles. The van der Waals surface area contributed by atoms with E-state index >= 15 is 0 Å². The average molecular weight is 350 g/mol. The molecule has 0 saturated carbocycles. The van der Waals surface area contributed by atoms with Crippen LogP contribution >= 0.6 is 0 Å². The molecule has 0 amide bonds. The molecule has 0 unspecified atom stereocenters. The molecule has 0 radical (unpaired) electrons. The van der Waals surface area contributed by atoms with E-state index in [1.54, 1.807) is 0 Å². The monoisotopic (exact) mass is 350 g/mol. The molecule has 6 nitrogen and oxygen atoms in total. The summed E-state index contributed by atoms with van der Waals surface area (Å²) < 4.78 is 24.7. The minimum Gasteiger partial charge on any atom is -0.381 e. The third-order valence-corrected chi connectivity index (χ3v) is 5.64. The highest BCUT2D eigenvalue weighted by atomic mass is 19.1. The summed E-state index contributed by atoms with van der Waals surface area (Å²) in [5.41, 5.74) is -0.0545. The van der Waals surface area contributed by atoms with E-state index in [2.05, 4.69) is 20.2 Å². The van der Waals surface area contributed by atoms with Crippen molar-refractivity contribution in [3.05, 3.63) is 18.2 Å². The van der Waals surface area contributed by atoms with E-state index in [-0.39, 0.29) is 11.6 Å². The highest BCUT2D eigenvalue weighted by molar-refractivity contribution is 5.25. The van der Waals surface area contributed by atoms with Gasteiger partial charge in [0.2, 0.25) is 5.95 Å². The Hall–Kier alpha value is -1.31. The predicted octanol–water partition coefficient (Wildman–Crippen LogP) is 2.08. The van der Waals surface area contributed by atoms with E-state index < -0.39 is 5.82 Å². The fourth-order valence-electron chi connectivity index (χ4n) is 4.43. The molecule has 1 N–H and O–H groups in total. The quantitative estimate of drug-likeness (QED) is 0.897. The van der Waals surface area contributed by atoms with Crippen LogP contribution in [0.1, 0.15) is 32.1 Å². The molecule has 0 aliphatic carbocycles. The first-order chi connectivity index (χ1) is 12.2. The maximum atomic E-state index is 12.9. The average Bonchev–Trinajstić information content (AvgIpc) is 3.00. The third kappa shape index (κ3) is 4.27. The second-order valence-corrected chi connectivity index (χ2v) is 7.66. The molecule has 7 heteroatoms. The van der Waals surface area contributed by atoms with Crippen molar-refractivity contribution in [2.24, 2.45) is 5.92 Å². The number of nitrogens with one attached hydrogen (secondary N) is 1. The Kier molecular flexibility index (Phi) is 5.15. The van der Waals surface area contributed by atoms with Crippen molar-refractivity contribution in [2.75, 3.05) is 44.8 Å². The molecular weight excluding hydrogens is 323 g/mol. The predicted molar refractivity (Wildman–Crippen MR) is 91.9 cm³/mol. The molecule has 2 atom stereocenters. The molecule has 1 spiro atoms. The normalized spacial score (nSPS) is 31.5. The third-order valence-electron chi connectivity index (χ3n) is 5.64. The largest absolute Gasteiger partial charge is 0.381 e. The molecule has 0 aromatic carbocycles. The van der Waals surface area contributed by atoms with Gasteiger partial charge in [-0.05, 0) is 38.1 Å². The van der Waals surface area contributed by atoms with Crippen molar-refractivity contribution in [1.82, 2.24) is 14.9 Å². The van der Waals surface area contributed by atoms with Crippen molar-refractivity contribution in [2.45, 2.75) is 43.7 Å². The van der Waals surface area contributed by atoms with Crippen molar-refractivity contribution in [1.29, 1.82) is 0 Å². The lowest BCUT2D eigenvalue weighted by Gasteiger charge is -2.41. The van der Waals surface area contributed by atoms with Gasteiger partial charge in [0.05, 0.1) is 30.6 Å². The van der Waals surface area contributed by atoms with E-state index in [0.717, 1.165) is 45.1 Å². The summed E-state index contributed by atoms with van der Waals surface area (Å²) in [5, 5.41) is 3.29. The summed E-state index contributed by atoms with van der Waals surface area (Å²) in [6.45, 7) is 5.81. The van der Waals surface area contributed by atoms with Crippen LogP contribution in [-0.2, 0) is 9.47 Å². The van der Waals surface area contributed by atoms with Gasteiger partial charge in [-0.2, -0.15) is 0 Å². The first-order valence-corrected chi connectivity index (χ1v) is 9.39. The van der Waals surface area contributed by atoms with Crippen LogP contribution in [0.3, 0.4) is 0 Å². The zero-order valence-corrected chi connectivity index (χ0v) is 14.6. The lowest BCUT2D eigenvalue weighted by atomic mass is 9.87. The number of hydrogen-bond acceptors (Lipinski definition) is 6. The second kappa shape index (κ2) is 7.51. The summed E-state index contributed by atoms with van der Waals surface area (Å²) in [5.74, 6) is 0.814. The van der Waals surface area contributed by atoms with Crippen molar-refractivity contribution < 1.29 is 13.9 Å². The minimum atomic E-state index is -0.416. The highest BCUT2D eigenvalue weighted by Crippen LogP contribution is 2.36. The first-order valence-electron chi connectivity index (χ1n) is 9.39. The number of hydrogen-bond donors (Lipinski definition) is 1. The maximum Gasteiger partial charge on any atom is 0.223 e. The fraction of sp³-hybridized carbons (Fsp3) is 0.778. The van der Waals surface area contributed by atoms with E-state index in [1.807, 2.05) is 0 Å². The Balaban J connectivity index is 1.31. The molecule has 3 aliphatic rings. The van der Waals surface area contributed by atoms with Gasteiger partial charge in [-0.1, -0.05) is 0 Å². The minimum absolute atomic E-state index is 0.0545.